The fourth-order valence-electron chi connectivity index (χ4n) is 2.94. The summed E-state index contributed by atoms with van der Waals surface area (Å²) in [6, 6.07) is 11.7. The van der Waals surface area contributed by atoms with Crippen LogP contribution >= 0.6 is 0 Å². The van der Waals surface area contributed by atoms with Crippen LogP contribution in [0.2, 0.25) is 0 Å². The molecule has 1 aromatic heterocycles. The van der Waals surface area contributed by atoms with Crippen LogP contribution in [0.4, 0.5) is 0 Å². The zero-order valence-electron chi connectivity index (χ0n) is 13.8. The molecular weight excluding hydrogens is 304 g/mol. The van der Waals surface area contributed by atoms with E-state index in [1.807, 2.05) is 43.3 Å². The average Bonchev–Trinajstić information content (AvgIpc) is 2.62. The number of ether oxygens (including phenoxy) is 2. The molecule has 0 saturated carbocycles. The summed E-state index contributed by atoms with van der Waals surface area (Å²) in [7, 11) is 0. The van der Waals surface area contributed by atoms with Crippen LogP contribution in [0.15, 0.2) is 42.6 Å². The normalized spacial score (nSPS) is 16.0. The van der Waals surface area contributed by atoms with Crippen molar-refractivity contribution in [2.75, 3.05) is 13.2 Å². The smallest absolute Gasteiger partial charge is 0.220 e. The van der Waals surface area contributed by atoms with Gasteiger partial charge in [-0.15, -0.1) is 0 Å². The SMILES string of the molecule is CCOc1ncccc1CNC(=O)C[C@H]1CCOc2ccccc21. The number of pyridine rings is 1. The Balaban J connectivity index is 1.59. The Labute approximate surface area is 142 Å². The van der Waals surface area contributed by atoms with Gasteiger partial charge >= 0.3 is 0 Å². The van der Waals surface area contributed by atoms with Crippen molar-refractivity contribution in [3.8, 4) is 11.6 Å². The lowest BCUT2D eigenvalue weighted by Gasteiger charge is -2.25. The van der Waals surface area contributed by atoms with Crippen LogP contribution in [0, 0.1) is 0 Å². The van der Waals surface area contributed by atoms with Gasteiger partial charge in [0.2, 0.25) is 11.8 Å². The molecule has 1 N–H and O–H groups in total. The van der Waals surface area contributed by atoms with Gasteiger partial charge in [0.15, 0.2) is 0 Å². The maximum absolute atomic E-state index is 12.4. The summed E-state index contributed by atoms with van der Waals surface area (Å²) in [6.45, 7) is 3.55. The molecule has 1 aliphatic rings. The quantitative estimate of drug-likeness (QED) is 0.886. The van der Waals surface area contributed by atoms with E-state index < -0.39 is 0 Å². The molecule has 0 fully saturated rings. The summed E-state index contributed by atoms with van der Waals surface area (Å²) >= 11 is 0. The third kappa shape index (κ3) is 3.85. The van der Waals surface area contributed by atoms with Gasteiger partial charge in [-0.25, -0.2) is 4.98 Å². The average molecular weight is 326 g/mol. The zero-order chi connectivity index (χ0) is 16.8. The van der Waals surface area contributed by atoms with Crippen molar-refractivity contribution in [3.05, 3.63) is 53.7 Å². The standard InChI is InChI=1S/C19H22N2O3/c1-2-23-19-15(6-5-10-20-19)13-21-18(22)12-14-9-11-24-17-8-4-3-7-16(14)17/h3-8,10,14H,2,9,11-13H2,1H3,(H,21,22)/t14-/m1/s1. The second kappa shape index (κ2) is 7.81. The molecule has 1 atom stereocenters. The molecule has 2 heterocycles. The molecule has 0 aliphatic carbocycles. The number of para-hydroxylation sites is 1. The van der Waals surface area contributed by atoms with Gasteiger partial charge in [0.1, 0.15) is 5.75 Å². The number of rotatable bonds is 6. The van der Waals surface area contributed by atoms with E-state index in [2.05, 4.69) is 10.3 Å². The van der Waals surface area contributed by atoms with Crippen LogP contribution in [-0.2, 0) is 11.3 Å². The van der Waals surface area contributed by atoms with E-state index in [-0.39, 0.29) is 11.8 Å². The minimum absolute atomic E-state index is 0.0306. The molecular formula is C19H22N2O3. The minimum Gasteiger partial charge on any atom is -0.493 e. The van der Waals surface area contributed by atoms with Crippen molar-refractivity contribution in [3.63, 3.8) is 0 Å². The highest BCUT2D eigenvalue weighted by Crippen LogP contribution is 2.35. The topological polar surface area (TPSA) is 60.5 Å². The Hall–Kier alpha value is -2.56. The number of fused-ring (bicyclic) bond motifs is 1. The van der Waals surface area contributed by atoms with Gasteiger partial charge in [-0.05, 0) is 37.0 Å². The maximum atomic E-state index is 12.4. The Morgan fingerprint density at radius 1 is 1.33 bits per heavy atom. The van der Waals surface area contributed by atoms with Crippen LogP contribution < -0.4 is 14.8 Å². The minimum atomic E-state index is 0.0306. The van der Waals surface area contributed by atoms with Gasteiger partial charge in [-0.3, -0.25) is 4.79 Å². The first kappa shape index (κ1) is 16.3. The van der Waals surface area contributed by atoms with Crippen molar-refractivity contribution in [1.82, 2.24) is 10.3 Å². The highest BCUT2D eigenvalue weighted by atomic mass is 16.5. The number of carbonyl (C=O) groups excluding carboxylic acids is 1. The third-order valence-corrected chi connectivity index (χ3v) is 4.12. The number of nitrogens with zero attached hydrogens (tertiary/aromatic N) is 1. The molecule has 2 aromatic rings. The maximum Gasteiger partial charge on any atom is 0.220 e. The van der Waals surface area contributed by atoms with Crippen molar-refractivity contribution >= 4 is 5.91 Å². The number of hydrogen-bond acceptors (Lipinski definition) is 4. The first-order chi connectivity index (χ1) is 11.8. The summed E-state index contributed by atoms with van der Waals surface area (Å²) in [5.74, 6) is 1.71. The third-order valence-electron chi connectivity index (χ3n) is 4.12. The van der Waals surface area contributed by atoms with Crippen molar-refractivity contribution < 1.29 is 14.3 Å². The number of nitrogens with one attached hydrogen (secondary N) is 1. The Bertz CT molecular complexity index is 703. The molecule has 1 aromatic carbocycles. The van der Waals surface area contributed by atoms with E-state index in [1.165, 1.54) is 0 Å². The van der Waals surface area contributed by atoms with E-state index in [0.717, 1.165) is 23.3 Å². The van der Waals surface area contributed by atoms with Gasteiger partial charge in [0.05, 0.1) is 13.2 Å². The zero-order valence-corrected chi connectivity index (χ0v) is 13.8. The molecule has 5 nitrogen and oxygen atoms in total. The van der Waals surface area contributed by atoms with E-state index in [0.29, 0.717) is 32.1 Å². The number of amides is 1. The second-order valence-corrected chi connectivity index (χ2v) is 5.75. The van der Waals surface area contributed by atoms with E-state index in [4.69, 9.17) is 9.47 Å². The highest BCUT2D eigenvalue weighted by molar-refractivity contribution is 5.77. The van der Waals surface area contributed by atoms with Crippen LogP contribution in [0.3, 0.4) is 0 Å². The molecule has 5 heteroatoms. The van der Waals surface area contributed by atoms with E-state index in [1.54, 1.807) is 6.20 Å². The molecule has 0 spiro atoms. The molecule has 3 rings (SSSR count). The molecule has 126 valence electrons. The number of hydrogen-bond donors (Lipinski definition) is 1. The first-order valence-electron chi connectivity index (χ1n) is 8.33. The van der Waals surface area contributed by atoms with Crippen molar-refractivity contribution in [2.24, 2.45) is 0 Å². The molecule has 0 radical (unpaired) electrons. The van der Waals surface area contributed by atoms with Crippen LogP contribution in [0.25, 0.3) is 0 Å². The number of benzene rings is 1. The van der Waals surface area contributed by atoms with Gasteiger partial charge in [-0.2, -0.15) is 0 Å². The summed E-state index contributed by atoms with van der Waals surface area (Å²) < 4.78 is 11.1. The summed E-state index contributed by atoms with van der Waals surface area (Å²) in [5.41, 5.74) is 2.01. The molecule has 0 saturated heterocycles. The largest absolute Gasteiger partial charge is 0.493 e. The summed E-state index contributed by atoms with van der Waals surface area (Å²) in [4.78, 5) is 16.6. The van der Waals surface area contributed by atoms with Crippen LogP contribution in [0.5, 0.6) is 11.6 Å². The summed E-state index contributed by atoms with van der Waals surface area (Å²) in [6.07, 6.45) is 3.02. The van der Waals surface area contributed by atoms with Crippen molar-refractivity contribution in [1.29, 1.82) is 0 Å². The van der Waals surface area contributed by atoms with E-state index >= 15 is 0 Å². The first-order valence-corrected chi connectivity index (χ1v) is 8.33. The Morgan fingerprint density at radius 3 is 3.08 bits per heavy atom. The predicted octanol–water partition coefficient (Wildman–Crippen LogP) is 3.05. The molecule has 0 bridgehead atoms. The van der Waals surface area contributed by atoms with Crippen molar-refractivity contribution in [2.45, 2.75) is 32.2 Å². The Morgan fingerprint density at radius 2 is 2.21 bits per heavy atom. The fraction of sp³-hybridized carbons (Fsp3) is 0.368. The highest BCUT2D eigenvalue weighted by Gasteiger charge is 2.23. The van der Waals surface area contributed by atoms with Gasteiger partial charge in [0.25, 0.3) is 0 Å². The van der Waals surface area contributed by atoms with Gasteiger partial charge < -0.3 is 14.8 Å². The van der Waals surface area contributed by atoms with Gasteiger partial charge in [0, 0.05) is 24.7 Å². The van der Waals surface area contributed by atoms with Crippen LogP contribution in [-0.4, -0.2) is 24.1 Å². The fourth-order valence-corrected chi connectivity index (χ4v) is 2.94. The number of aromatic nitrogens is 1. The van der Waals surface area contributed by atoms with Crippen LogP contribution in [0.1, 0.15) is 36.8 Å². The monoisotopic (exact) mass is 326 g/mol. The molecule has 24 heavy (non-hydrogen) atoms. The molecule has 1 aliphatic heterocycles. The second-order valence-electron chi connectivity index (χ2n) is 5.75. The lowest BCUT2D eigenvalue weighted by Crippen LogP contribution is -2.26. The Kier molecular flexibility index (Phi) is 5.31. The molecule has 0 unspecified atom stereocenters. The molecule has 1 amide bonds. The summed E-state index contributed by atoms with van der Waals surface area (Å²) in [5, 5.41) is 2.98. The lowest BCUT2D eigenvalue weighted by atomic mass is 9.90. The number of carbonyl (C=O) groups is 1. The predicted molar refractivity (Wildman–Crippen MR) is 91.2 cm³/mol. The lowest BCUT2D eigenvalue weighted by molar-refractivity contribution is -0.121. The van der Waals surface area contributed by atoms with Gasteiger partial charge in [-0.1, -0.05) is 24.3 Å². The van der Waals surface area contributed by atoms with E-state index in [9.17, 15) is 4.79 Å².